The summed E-state index contributed by atoms with van der Waals surface area (Å²) in [6.07, 6.45) is 8.18. The lowest BCUT2D eigenvalue weighted by molar-refractivity contribution is -0.136. The van der Waals surface area contributed by atoms with E-state index in [4.69, 9.17) is 9.51 Å². The summed E-state index contributed by atoms with van der Waals surface area (Å²) in [4.78, 5) is 85.4. The fourth-order valence-electron chi connectivity index (χ4n) is 10.4. The molecule has 1 aliphatic carbocycles. The lowest BCUT2D eigenvalue weighted by Gasteiger charge is -2.37. The van der Waals surface area contributed by atoms with E-state index >= 15 is 0 Å². The molecule has 0 spiro atoms. The van der Waals surface area contributed by atoms with Gasteiger partial charge in [0.25, 0.3) is 11.8 Å². The summed E-state index contributed by atoms with van der Waals surface area (Å²) in [5, 5.41) is 9.63. The molecule has 2 saturated heterocycles. The molecule has 5 amide bonds. The van der Waals surface area contributed by atoms with E-state index in [1.165, 1.54) is 6.07 Å². The molecule has 1 unspecified atom stereocenters. The largest absolute Gasteiger partial charge is 0.384 e. The molecular weight excluding hydrogens is 869 g/mol. The van der Waals surface area contributed by atoms with Crippen LogP contribution in [0.4, 0.5) is 20.2 Å². The number of carbonyl (C=O) groups excluding carboxylic acids is 6. The first-order valence-corrected chi connectivity index (χ1v) is 22.7. The Labute approximate surface area is 387 Å². The van der Waals surface area contributed by atoms with Crippen LogP contribution in [0.25, 0.3) is 22.2 Å². The molecular formula is C49H53F2N7O7S. The van der Waals surface area contributed by atoms with E-state index in [0.717, 1.165) is 89.8 Å². The lowest BCUT2D eigenvalue weighted by atomic mass is 9.82. The second-order valence-electron chi connectivity index (χ2n) is 17.8. The summed E-state index contributed by atoms with van der Waals surface area (Å²) < 4.78 is 36.4. The highest BCUT2D eigenvalue weighted by Crippen LogP contribution is 2.43. The van der Waals surface area contributed by atoms with Crippen LogP contribution >= 0.6 is 13.5 Å². The molecule has 5 heterocycles. The number of hydrogen-bond donors (Lipinski definition) is 2. The molecule has 4 aliphatic rings. The summed E-state index contributed by atoms with van der Waals surface area (Å²) in [5.74, 6) is -2.50. The van der Waals surface area contributed by atoms with Crippen LogP contribution in [0, 0.1) is 31.4 Å². The van der Waals surface area contributed by atoms with Crippen LogP contribution in [0.1, 0.15) is 140 Å². The Bertz CT molecular complexity index is 2730. The van der Waals surface area contributed by atoms with Crippen LogP contribution < -0.4 is 15.5 Å². The normalized spacial score (nSPS) is 21.0. The number of aromatic nitrogens is 3. The third-order valence-electron chi connectivity index (χ3n) is 13.6. The molecule has 9 rings (SSSR count). The molecule has 3 fully saturated rings. The highest BCUT2D eigenvalue weighted by Gasteiger charge is 2.46. The number of piperidine rings is 2. The van der Waals surface area contributed by atoms with Crippen molar-refractivity contribution < 1.29 is 42.1 Å². The standard InChI is InChI=1S/C49H51F2N7O7.H2S/c1-27-44(28(2)65-55-27)30-15-20-39-38(25-30)53-46(40-11-7-12-43(61)56(40)32-18-19-35(50)36(51)26-32)57(39)31-16-13-29(14-17-31)24-33(59)8-4-3-5-23-52-37-10-6-9-34-45(37)49(64)58(48(34)63)41-21-22-42(60)54-47(41)62;/h6,9-10,15,18-20,25-26,29,31,40-41,52H,3-5,7-8,11-14,16-17,21-24H2,1-2H3,(H,54,60,62);1H2/t29?,31?,40-,41?;/m0./s1. The Balaban J connectivity index is 0.00000592. The minimum atomic E-state index is -1.03. The fourth-order valence-corrected chi connectivity index (χ4v) is 10.4. The van der Waals surface area contributed by atoms with Gasteiger partial charge < -0.3 is 19.3 Å². The van der Waals surface area contributed by atoms with Gasteiger partial charge in [-0.15, -0.1) is 0 Å². The van der Waals surface area contributed by atoms with Gasteiger partial charge in [-0.1, -0.05) is 23.7 Å². The maximum atomic E-state index is 14.6. The Kier molecular flexibility index (Phi) is 13.6. The van der Waals surface area contributed by atoms with E-state index in [1.54, 1.807) is 23.1 Å². The van der Waals surface area contributed by atoms with Gasteiger partial charge in [0.15, 0.2) is 11.6 Å². The number of nitrogens with zero attached hydrogens (tertiary/aromatic N) is 5. The highest BCUT2D eigenvalue weighted by atomic mass is 32.1. The highest BCUT2D eigenvalue weighted by molar-refractivity contribution is 7.59. The van der Waals surface area contributed by atoms with Crippen LogP contribution in [0.3, 0.4) is 0 Å². The van der Waals surface area contributed by atoms with Crippen molar-refractivity contribution in [3.05, 3.63) is 94.6 Å². The SMILES string of the molecule is Cc1noc(C)c1-c1ccc2c(c1)nc([C@@H]1CCCC(=O)N1c1ccc(F)c(F)c1)n2C1CCC(CC(=O)CCCCCNc2cccc3c2C(=O)N(C2CCC(=O)NC2=O)C3=O)CC1.S. The van der Waals surface area contributed by atoms with Crippen molar-refractivity contribution in [2.45, 2.75) is 122 Å². The third kappa shape index (κ3) is 8.88. The number of unbranched alkanes of at least 4 members (excludes halogenated alkanes) is 2. The number of nitrogens with one attached hydrogen (secondary N) is 2. The van der Waals surface area contributed by atoms with Gasteiger partial charge in [-0.3, -0.25) is 39.0 Å². The van der Waals surface area contributed by atoms with Crippen LogP contribution in [0.5, 0.6) is 0 Å². The average Bonchev–Trinajstić information content (AvgIpc) is 3.92. The van der Waals surface area contributed by atoms with Gasteiger partial charge in [0.05, 0.1) is 33.9 Å². The van der Waals surface area contributed by atoms with E-state index in [0.29, 0.717) is 55.2 Å². The molecule has 3 aromatic carbocycles. The molecule has 2 N–H and O–H groups in total. The predicted molar refractivity (Wildman–Crippen MR) is 246 cm³/mol. The molecule has 2 aromatic heterocycles. The average molecular weight is 922 g/mol. The topological polar surface area (TPSA) is 177 Å². The molecule has 17 heteroatoms. The number of rotatable bonds is 14. The zero-order chi connectivity index (χ0) is 45.5. The quantitative estimate of drug-likeness (QED) is 0.0809. The Morgan fingerprint density at radius 2 is 1.64 bits per heavy atom. The van der Waals surface area contributed by atoms with E-state index in [2.05, 4.69) is 26.4 Å². The molecule has 0 bridgehead atoms. The van der Waals surface area contributed by atoms with Crippen LogP contribution in [-0.4, -0.2) is 67.5 Å². The number of imidazole rings is 1. The monoisotopic (exact) mass is 921 g/mol. The summed E-state index contributed by atoms with van der Waals surface area (Å²) in [6, 6.07) is 13.2. The number of ketones is 1. The van der Waals surface area contributed by atoms with E-state index < -0.39 is 47.3 Å². The lowest BCUT2D eigenvalue weighted by Crippen LogP contribution is -2.54. The number of amides is 5. The number of halogens is 2. The summed E-state index contributed by atoms with van der Waals surface area (Å²) in [6.45, 7) is 4.29. The Morgan fingerprint density at radius 3 is 2.38 bits per heavy atom. The summed E-state index contributed by atoms with van der Waals surface area (Å²) in [7, 11) is 0. The number of benzene rings is 3. The van der Waals surface area contributed by atoms with Crippen LogP contribution in [0.2, 0.25) is 0 Å². The zero-order valence-corrected chi connectivity index (χ0v) is 38.0. The fraction of sp³-hybridized carbons (Fsp3) is 0.429. The molecule has 0 radical (unpaired) electrons. The number of anilines is 2. The summed E-state index contributed by atoms with van der Waals surface area (Å²) in [5.41, 5.74) is 5.48. The van der Waals surface area contributed by atoms with Gasteiger partial charge in [-0.2, -0.15) is 13.5 Å². The van der Waals surface area contributed by atoms with Gasteiger partial charge in [-0.25, -0.2) is 13.8 Å². The number of imide groups is 2. The van der Waals surface area contributed by atoms with Gasteiger partial charge in [0.2, 0.25) is 17.7 Å². The first kappa shape index (κ1) is 46.3. The van der Waals surface area contributed by atoms with Crippen molar-refractivity contribution in [1.29, 1.82) is 0 Å². The van der Waals surface area contributed by atoms with Crippen LogP contribution in [0.15, 0.2) is 59.1 Å². The van der Waals surface area contributed by atoms with E-state index in [1.807, 2.05) is 26.0 Å². The van der Waals surface area contributed by atoms with Crippen LogP contribution in [-0.2, 0) is 19.2 Å². The second kappa shape index (κ2) is 19.3. The van der Waals surface area contributed by atoms with Gasteiger partial charge in [0.1, 0.15) is 23.4 Å². The number of carbonyl (C=O) groups is 6. The molecule has 66 heavy (non-hydrogen) atoms. The smallest absolute Gasteiger partial charge is 0.264 e. The molecule has 2 atom stereocenters. The first-order chi connectivity index (χ1) is 31.4. The van der Waals surface area contributed by atoms with Crippen molar-refractivity contribution in [1.82, 2.24) is 24.9 Å². The molecule has 346 valence electrons. The minimum absolute atomic E-state index is 0. The van der Waals surface area contributed by atoms with Crippen molar-refractivity contribution in [2.24, 2.45) is 5.92 Å². The van der Waals surface area contributed by atoms with Crippen molar-refractivity contribution >= 4 is 71.2 Å². The van der Waals surface area contributed by atoms with Gasteiger partial charge in [-0.05, 0) is 120 Å². The number of hydrogen-bond acceptors (Lipinski definition) is 10. The number of Topliss-reactive ketones (excluding diaryl/α,β-unsaturated/α-hetero) is 1. The van der Waals surface area contributed by atoms with Crippen molar-refractivity contribution in [3.63, 3.8) is 0 Å². The maximum absolute atomic E-state index is 14.6. The number of aryl methyl sites for hydroxylation is 2. The zero-order valence-electron chi connectivity index (χ0n) is 37.0. The minimum Gasteiger partial charge on any atom is -0.384 e. The predicted octanol–water partition coefficient (Wildman–Crippen LogP) is 8.72. The summed E-state index contributed by atoms with van der Waals surface area (Å²) >= 11 is 0. The van der Waals surface area contributed by atoms with E-state index in [-0.39, 0.29) is 67.5 Å². The molecule has 5 aromatic rings. The molecule has 1 saturated carbocycles. The van der Waals surface area contributed by atoms with Crippen molar-refractivity contribution in [2.75, 3.05) is 16.8 Å². The maximum Gasteiger partial charge on any atom is 0.264 e. The number of fused-ring (bicyclic) bond motifs is 2. The van der Waals surface area contributed by atoms with Gasteiger partial charge in [0, 0.05) is 61.3 Å². The molecule has 3 aliphatic heterocycles. The van der Waals surface area contributed by atoms with E-state index in [9.17, 15) is 37.5 Å². The second-order valence-corrected chi connectivity index (χ2v) is 17.8. The van der Waals surface area contributed by atoms with Crippen molar-refractivity contribution in [3.8, 4) is 11.1 Å². The molecule has 14 nitrogen and oxygen atoms in total. The first-order valence-electron chi connectivity index (χ1n) is 22.7. The Hall–Kier alpha value is -6.23. The van der Waals surface area contributed by atoms with Gasteiger partial charge >= 0.3 is 0 Å². The Morgan fingerprint density at radius 1 is 0.833 bits per heavy atom. The third-order valence-corrected chi connectivity index (χ3v) is 13.6.